The zero-order chi connectivity index (χ0) is 10.4. The molecule has 0 N–H and O–H groups in total. The van der Waals surface area contributed by atoms with Gasteiger partial charge >= 0.3 is 0 Å². The average molecular weight is 247 g/mol. The molecule has 0 saturated carbocycles. The molecular formula is C11H16Cl2Si. The Kier molecular flexibility index (Phi) is 5.60. The maximum Gasteiger partial charge on any atom is 0.241 e. The summed E-state index contributed by atoms with van der Waals surface area (Å²) >= 11 is 11.7. The molecule has 0 saturated heterocycles. The fourth-order valence-corrected chi connectivity index (χ4v) is 3.10. The van der Waals surface area contributed by atoms with Crippen LogP contribution in [-0.4, -0.2) is 7.42 Å². The molecule has 1 rings (SSSR count). The molecule has 0 unspecified atom stereocenters. The van der Waals surface area contributed by atoms with Crippen LogP contribution in [0.15, 0.2) is 24.3 Å². The Hall–Kier alpha value is 0.0169. The van der Waals surface area contributed by atoms with Crippen molar-refractivity contribution in [3.8, 4) is 0 Å². The maximum atomic E-state index is 5.84. The molecule has 0 aromatic heterocycles. The summed E-state index contributed by atoms with van der Waals surface area (Å²) in [5, 5.41) is 0. The predicted octanol–water partition coefficient (Wildman–Crippen LogP) is 3.81. The molecule has 1 aromatic rings. The Bertz CT molecular complexity index is 256. The third kappa shape index (κ3) is 4.49. The summed E-state index contributed by atoms with van der Waals surface area (Å²) in [6.45, 7) is 2.21. The molecule has 0 bridgehead atoms. The molecule has 0 amide bonds. The zero-order valence-electron chi connectivity index (χ0n) is 8.47. The van der Waals surface area contributed by atoms with Crippen LogP contribution in [-0.2, 0) is 12.5 Å². The SMILES string of the molecule is CCCCc1ccc(C[SiH](Cl)Cl)cc1. The van der Waals surface area contributed by atoms with Crippen molar-refractivity contribution in [1.82, 2.24) is 0 Å². The number of hydrogen-bond acceptors (Lipinski definition) is 0. The van der Waals surface area contributed by atoms with Crippen molar-refractivity contribution in [2.24, 2.45) is 0 Å². The van der Waals surface area contributed by atoms with Gasteiger partial charge in [-0.3, -0.25) is 0 Å². The Labute approximate surface area is 97.3 Å². The van der Waals surface area contributed by atoms with Crippen LogP contribution in [0.25, 0.3) is 0 Å². The van der Waals surface area contributed by atoms with Gasteiger partial charge in [-0.05, 0) is 30.0 Å². The van der Waals surface area contributed by atoms with E-state index in [1.54, 1.807) is 0 Å². The number of hydrogen-bond donors (Lipinski definition) is 0. The molecule has 0 heterocycles. The first-order valence-corrected chi connectivity index (χ1v) is 9.39. The fraction of sp³-hybridized carbons (Fsp3) is 0.455. The molecular weight excluding hydrogens is 231 g/mol. The van der Waals surface area contributed by atoms with Crippen molar-refractivity contribution < 1.29 is 0 Å². The van der Waals surface area contributed by atoms with Gasteiger partial charge in [-0.2, -0.15) is 0 Å². The van der Waals surface area contributed by atoms with E-state index in [9.17, 15) is 0 Å². The second-order valence-corrected chi connectivity index (χ2v) is 8.54. The normalized spacial score (nSPS) is 10.9. The van der Waals surface area contributed by atoms with Gasteiger partial charge in [-0.25, -0.2) is 0 Å². The van der Waals surface area contributed by atoms with Crippen LogP contribution in [0.5, 0.6) is 0 Å². The van der Waals surface area contributed by atoms with Crippen molar-refractivity contribution >= 4 is 29.6 Å². The van der Waals surface area contributed by atoms with Crippen LogP contribution >= 0.6 is 22.2 Å². The first kappa shape index (κ1) is 12.1. The number of benzene rings is 1. The van der Waals surface area contributed by atoms with Crippen LogP contribution in [0.2, 0.25) is 0 Å². The van der Waals surface area contributed by atoms with Gasteiger partial charge in [0, 0.05) is 0 Å². The van der Waals surface area contributed by atoms with Crippen LogP contribution in [0.4, 0.5) is 0 Å². The largest absolute Gasteiger partial charge is 0.241 e. The molecule has 1 aromatic carbocycles. The minimum atomic E-state index is -1.49. The lowest BCUT2D eigenvalue weighted by molar-refractivity contribution is 0.795. The van der Waals surface area contributed by atoms with E-state index in [2.05, 4.69) is 31.2 Å². The molecule has 0 fully saturated rings. The molecule has 0 aliphatic rings. The summed E-state index contributed by atoms with van der Waals surface area (Å²) in [4.78, 5) is 0. The Morgan fingerprint density at radius 3 is 2.14 bits per heavy atom. The Morgan fingerprint density at radius 2 is 1.64 bits per heavy atom. The molecule has 0 aliphatic heterocycles. The molecule has 0 nitrogen and oxygen atoms in total. The van der Waals surface area contributed by atoms with Crippen LogP contribution < -0.4 is 0 Å². The lowest BCUT2D eigenvalue weighted by Gasteiger charge is -2.03. The quantitative estimate of drug-likeness (QED) is 0.548. The van der Waals surface area contributed by atoms with Crippen molar-refractivity contribution in [1.29, 1.82) is 0 Å². The highest BCUT2D eigenvalue weighted by molar-refractivity contribution is 7.33. The monoisotopic (exact) mass is 246 g/mol. The van der Waals surface area contributed by atoms with E-state index in [0.717, 1.165) is 6.04 Å². The standard InChI is InChI=1S/C11H16Cl2Si/c1-2-3-4-10-5-7-11(8-6-10)9-14(12)13/h5-8,14H,2-4,9H2,1H3. The van der Waals surface area contributed by atoms with Crippen LogP contribution in [0, 0.1) is 0 Å². The molecule has 78 valence electrons. The number of unbranched alkanes of at least 4 members (excludes halogenated alkanes) is 1. The van der Waals surface area contributed by atoms with E-state index in [0.29, 0.717) is 0 Å². The van der Waals surface area contributed by atoms with Crippen molar-refractivity contribution in [2.75, 3.05) is 0 Å². The van der Waals surface area contributed by atoms with Gasteiger partial charge in [0.25, 0.3) is 0 Å². The summed E-state index contributed by atoms with van der Waals surface area (Å²) in [6, 6.07) is 9.55. The first-order valence-electron chi connectivity index (χ1n) is 5.08. The van der Waals surface area contributed by atoms with Gasteiger partial charge in [0.2, 0.25) is 7.42 Å². The predicted molar refractivity (Wildman–Crippen MR) is 67.6 cm³/mol. The summed E-state index contributed by atoms with van der Waals surface area (Å²) in [5.41, 5.74) is 2.69. The smallest absolute Gasteiger partial charge is 0.150 e. The second kappa shape index (κ2) is 6.49. The van der Waals surface area contributed by atoms with Gasteiger partial charge < -0.3 is 0 Å². The van der Waals surface area contributed by atoms with E-state index < -0.39 is 7.42 Å². The zero-order valence-corrected chi connectivity index (χ0v) is 11.1. The molecule has 0 radical (unpaired) electrons. The number of halogens is 2. The number of rotatable bonds is 5. The highest BCUT2D eigenvalue weighted by Crippen LogP contribution is 2.11. The average Bonchev–Trinajstić information content (AvgIpc) is 2.16. The van der Waals surface area contributed by atoms with E-state index in [1.165, 1.54) is 30.4 Å². The minimum Gasteiger partial charge on any atom is -0.150 e. The summed E-state index contributed by atoms with van der Waals surface area (Å²) < 4.78 is 0. The van der Waals surface area contributed by atoms with Crippen molar-refractivity contribution in [2.45, 2.75) is 32.2 Å². The Morgan fingerprint density at radius 1 is 1.07 bits per heavy atom. The third-order valence-corrected chi connectivity index (χ3v) is 3.94. The lowest BCUT2D eigenvalue weighted by Crippen LogP contribution is -1.99. The highest BCUT2D eigenvalue weighted by Gasteiger charge is 2.03. The molecule has 14 heavy (non-hydrogen) atoms. The second-order valence-electron chi connectivity index (χ2n) is 3.52. The van der Waals surface area contributed by atoms with Crippen LogP contribution in [0.3, 0.4) is 0 Å². The topological polar surface area (TPSA) is 0 Å². The van der Waals surface area contributed by atoms with E-state index in [1.807, 2.05) is 0 Å². The maximum absolute atomic E-state index is 5.84. The van der Waals surface area contributed by atoms with Crippen LogP contribution in [0.1, 0.15) is 30.9 Å². The van der Waals surface area contributed by atoms with E-state index in [4.69, 9.17) is 22.2 Å². The first-order chi connectivity index (χ1) is 6.72. The summed E-state index contributed by atoms with van der Waals surface area (Å²) in [7, 11) is -1.49. The molecule has 3 heteroatoms. The molecule has 0 atom stereocenters. The fourth-order valence-electron chi connectivity index (χ4n) is 1.40. The third-order valence-electron chi connectivity index (χ3n) is 2.23. The molecule has 0 aliphatic carbocycles. The van der Waals surface area contributed by atoms with E-state index >= 15 is 0 Å². The highest BCUT2D eigenvalue weighted by atomic mass is 35.7. The van der Waals surface area contributed by atoms with Crippen molar-refractivity contribution in [3.05, 3.63) is 35.4 Å². The van der Waals surface area contributed by atoms with Gasteiger partial charge in [0.1, 0.15) is 0 Å². The molecule has 0 spiro atoms. The minimum absolute atomic E-state index is 0.872. The van der Waals surface area contributed by atoms with Gasteiger partial charge in [-0.15, -0.1) is 22.2 Å². The van der Waals surface area contributed by atoms with Gasteiger partial charge in [-0.1, -0.05) is 37.6 Å². The lowest BCUT2D eigenvalue weighted by atomic mass is 10.1. The summed E-state index contributed by atoms with van der Waals surface area (Å²) in [5.74, 6) is 0. The van der Waals surface area contributed by atoms with Gasteiger partial charge in [0.15, 0.2) is 0 Å². The van der Waals surface area contributed by atoms with Gasteiger partial charge in [0.05, 0.1) is 0 Å². The Balaban J connectivity index is 2.50. The van der Waals surface area contributed by atoms with E-state index in [-0.39, 0.29) is 0 Å². The summed E-state index contributed by atoms with van der Waals surface area (Å²) in [6.07, 6.45) is 3.70. The number of aryl methyl sites for hydroxylation is 1. The van der Waals surface area contributed by atoms with Crippen molar-refractivity contribution in [3.63, 3.8) is 0 Å².